The van der Waals surface area contributed by atoms with Gasteiger partial charge in [0.05, 0.1) is 25.1 Å². The fraction of sp³-hybridized carbons (Fsp3) is 0.318. The van der Waals surface area contributed by atoms with E-state index in [1.54, 1.807) is 26.5 Å². The number of H-pyrrole nitrogens is 1. The molecule has 1 N–H and O–H groups in total. The Morgan fingerprint density at radius 2 is 1.93 bits per heavy atom. The van der Waals surface area contributed by atoms with E-state index in [4.69, 9.17) is 14.5 Å². The summed E-state index contributed by atoms with van der Waals surface area (Å²) in [5.74, 6) is 0.784. The van der Waals surface area contributed by atoms with Gasteiger partial charge in [-0.2, -0.15) is 5.10 Å². The predicted octanol–water partition coefficient (Wildman–Crippen LogP) is 3.15. The van der Waals surface area contributed by atoms with Crippen molar-refractivity contribution in [1.82, 2.24) is 24.4 Å². The monoisotopic (exact) mass is 407 g/mol. The summed E-state index contributed by atoms with van der Waals surface area (Å²) in [4.78, 5) is 17.8. The molecule has 1 atom stereocenters. The molecule has 8 heteroatoms. The molecule has 4 aromatic rings. The van der Waals surface area contributed by atoms with Gasteiger partial charge in [0.2, 0.25) is 0 Å². The van der Waals surface area contributed by atoms with E-state index in [9.17, 15) is 4.79 Å². The van der Waals surface area contributed by atoms with E-state index >= 15 is 0 Å². The van der Waals surface area contributed by atoms with Crippen LogP contribution in [0.25, 0.3) is 16.8 Å². The highest BCUT2D eigenvalue weighted by Crippen LogP contribution is 2.30. The molecule has 0 saturated heterocycles. The van der Waals surface area contributed by atoms with Gasteiger partial charge in [-0.1, -0.05) is 19.1 Å². The first kappa shape index (κ1) is 19.9. The maximum Gasteiger partial charge on any atom is 0.272 e. The molecule has 3 heterocycles. The normalized spacial score (nSPS) is 12.4. The van der Waals surface area contributed by atoms with E-state index in [1.807, 2.05) is 41.9 Å². The van der Waals surface area contributed by atoms with Gasteiger partial charge in [-0.05, 0) is 30.7 Å². The van der Waals surface area contributed by atoms with Crippen molar-refractivity contribution in [2.45, 2.75) is 32.9 Å². The molecular weight excluding hydrogens is 382 g/mol. The molecule has 0 unspecified atom stereocenters. The molecule has 0 fully saturated rings. The van der Waals surface area contributed by atoms with Gasteiger partial charge in [0.25, 0.3) is 5.56 Å². The minimum absolute atomic E-state index is 0.0193. The molecule has 0 amide bonds. The van der Waals surface area contributed by atoms with Gasteiger partial charge < -0.3 is 9.47 Å². The lowest BCUT2D eigenvalue weighted by Gasteiger charge is -2.13. The van der Waals surface area contributed by atoms with Crippen LogP contribution in [0, 0.1) is 6.92 Å². The summed E-state index contributed by atoms with van der Waals surface area (Å²) < 4.78 is 14.0. The van der Waals surface area contributed by atoms with E-state index in [0.717, 1.165) is 34.0 Å². The van der Waals surface area contributed by atoms with Gasteiger partial charge in [-0.25, -0.2) is 9.50 Å². The summed E-state index contributed by atoms with van der Waals surface area (Å²) in [5.41, 5.74) is 4.80. The molecule has 30 heavy (non-hydrogen) atoms. The molecule has 0 spiro atoms. The van der Waals surface area contributed by atoms with E-state index in [2.05, 4.69) is 17.1 Å². The van der Waals surface area contributed by atoms with Crippen LogP contribution in [0.5, 0.6) is 5.75 Å². The second-order valence-corrected chi connectivity index (χ2v) is 7.36. The number of aromatic nitrogens is 5. The molecule has 0 bridgehead atoms. The Balaban J connectivity index is 1.83. The smallest absolute Gasteiger partial charge is 0.272 e. The number of aryl methyl sites for hydroxylation is 1. The SMILES string of the molecule is COCc1[nH]n2c(=O)cc([C@@H](C)Cn3nccc3C)nc2c1-c1ccc(OC)cc1. The highest BCUT2D eigenvalue weighted by Gasteiger charge is 2.19. The molecule has 0 radical (unpaired) electrons. The first-order valence-corrected chi connectivity index (χ1v) is 9.78. The average Bonchev–Trinajstić information content (AvgIpc) is 3.32. The number of hydrogen-bond acceptors (Lipinski definition) is 5. The number of benzene rings is 1. The molecule has 0 aliphatic carbocycles. The molecule has 8 nitrogen and oxygen atoms in total. The van der Waals surface area contributed by atoms with Crippen LogP contribution < -0.4 is 10.3 Å². The van der Waals surface area contributed by atoms with Crippen LogP contribution in [-0.4, -0.2) is 38.6 Å². The van der Waals surface area contributed by atoms with E-state index in [-0.39, 0.29) is 11.5 Å². The van der Waals surface area contributed by atoms with E-state index in [0.29, 0.717) is 18.8 Å². The van der Waals surface area contributed by atoms with Gasteiger partial charge in [0.15, 0.2) is 5.65 Å². The highest BCUT2D eigenvalue weighted by atomic mass is 16.5. The Hall–Kier alpha value is -3.39. The first-order valence-electron chi connectivity index (χ1n) is 9.78. The van der Waals surface area contributed by atoms with Crippen molar-refractivity contribution >= 4 is 5.65 Å². The van der Waals surface area contributed by atoms with Crippen LogP contribution >= 0.6 is 0 Å². The third-order valence-corrected chi connectivity index (χ3v) is 5.26. The maximum absolute atomic E-state index is 12.9. The van der Waals surface area contributed by atoms with Crippen LogP contribution in [-0.2, 0) is 17.9 Å². The lowest BCUT2D eigenvalue weighted by molar-refractivity contribution is 0.181. The lowest BCUT2D eigenvalue weighted by Crippen LogP contribution is -2.18. The van der Waals surface area contributed by atoms with Crippen molar-refractivity contribution in [3.05, 3.63) is 70.0 Å². The summed E-state index contributed by atoms with van der Waals surface area (Å²) in [6.45, 7) is 5.04. The van der Waals surface area contributed by atoms with E-state index < -0.39 is 0 Å². The zero-order valence-corrected chi connectivity index (χ0v) is 17.5. The third kappa shape index (κ3) is 3.61. The number of fused-ring (bicyclic) bond motifs is 1. The minimum atomic E-state index is -0.156. The van der Waals surface area contributed by atoms with Gasteiger partial charge >= 0.3 is 0 Å². The van der Waals surface area contributed by atoms with Crippen LogP contribution in [0.4, 0.5) is 0 Å². The summed E-state index contributed by atoms with van der Waals surface area (Å²) in [7, 11) is 3.26. The fourth-order valence-corrected chi connectivity index (χ4v) is 3.61. The van der Waals surface area contributed by atoms with Crippen molar-refractivity contribution in [3.8, 4) is 16.9 Å². The van der Waals surface area contributed by atoms with Gasteiger partial charge in [0.1, 0.15) is 5.75 Å². The highest BCUT2D eigenvalue weighted by molar-refractivity contribution is 5.80. The Morgan fingerprint density at radius 1 is 1.17 bits per heavy atom. The number of nitrogens with one attached hydrogen (secondary N) is 1. The zero-order valence-electron chi connectivity index (χ0n) is 17.5. The van der Waals surface area contributed by atoms with Crippen molar-refractivity contribution in [3.63, 3.8) is 0 Å². The third-order valence-electron chi connectivity index (χ3n) is 5.26. The molecule has 0 aliphatic rings. The molecule has 156 valence electrons. The molecule has 1 aromatic carbocycles. The molecule has 3 aromatic heterocycles. The van der Waals surface area contributed by atoms with Crippen molar-refractivity contribution in [2.75, 3.05) is 14.2 Å². The van der Waals surface area contributed by atoms with Crippen molar-refractivity contribution < 1.29 is 9.47 Å². The first-order chi connectivity index (χ1) is 14.5. The van der Waals surface area contributed by atoms with Crippen LogP contribution in [0.3, 0.4) is 0 Å². The molecule has 0 saturated carbocycles. The Morgan fingerprint density at radius 3 is 2.57 bits per heavy atom. The quantitative estimate of drug-likeness (QED) is 0.509. The summed E-state index contributed by atoms with van der Waals surface area (Å²) in [5, 5.41) is 7.50. The Bertz CT molecular complexity index is 1220. The largest absolute Gasteiger partial charge is 0.497 e. The molecule has 4 rings (SSSR count). The second kappa shape index (κ2) is 8.16. The molecular formula is C22H25N5O3. The Labute approximate surface area is 174 Å². The minimum Gasteiger partial charge on any atom is -0.497 e. The number of ether oxygens (including phenoxy) is 2. The summed E-state index contributed by atoms with van der Waals surface area (Å²) in [6, 6.07) is 11.2. The van der Waals surface area contributed by atoms with Crippen LogP contribution in [0.15, 0.2) is 47.4 Å². The average molecular weight is 407 g/mol. The lowest BCUT2D eigenvalue weighted by atomic mass is 10.0. The van der Waals surface area contributed by atoms with Gasteiger partial charge in [-0.3, -0.25) is 14.6 Å². The van der Waals surface area contributed by atoms with Crippen LogP contribution in [0.2, 0.25) is 0 Å². The number of methoxy groups -OCH3 is 2. The van der Waals surface area contributed by atoms with Crippen molar-refractivity contribution in [1.29, 1.82) is 0 Å². The fourth-order valence-electron chi connectivity index (χ4n) is 3.61. The van der Waals surface area contributed by atoms with Crippen LogP contribution in [0.1, 0.15) is 29.9 Å². The number of nitrogens with zero attached hydrogens (tertiary/aromatic N) is 4. The second-order valence-electron chi connectivity index (χ2n) is 7.36. The number of hydrogen-bond donors (Lipinski definition) is 1. The predicted molar refractivity (Wildman–Crippen MR) is 114 cm³/mol. The summed E-state index contributed by atoms with van der Waals surface area (Å²) in [6.07, 6.45) is 1.78. The van der Waals surface area contributed by atoms with Gasteiger partial charge in [0, 0.05) is 43.1 Å². The topological polar surface area (TPSA) is 86.4 Å². The maximum atomic E-state index is 12.9. The zero-order chi connectivity index (χ0) is 21.3. The molecule has 0 aliphatic heterocycles. The Kier molecular flexibility index (Phi) is 5.41. The summed E-state index contributed by atoms with van der Waals surface area (Å²) >= 11 is 0. The van der Waals surface area contributed by atoms with Crippen molar-refractivity contribution in [2.24, 2.45) is 0 Å². The van der Waals surface area contributed by atoms with E-state index in [1.165, 1.54) is 4.52 Å². The standard InChI is InChI=1S/C22H25N5O3/c1-14(12-26-15(2)9-10-23-26)18-11-20(28)27-22(24-18)21(19(25-27)13-29-3)16-5-7-17(30-4)8-6-16/h5-11,14,25H,12-13H2,1-4H3/t14-/m0/s1. The number of aromatic amines is 1. The van der Waals surface area contributed by atoms with Gasteiger partial charge in [-0.15, -0.1) is 0 Å². The number of rotatable bonds is 7.